The van der Waals surface area contributed by atoms with Crippen LogP contribution in [0.2, 0.25) is 15.1 Å². The number of rotatable bonds is 23. The molecule has 96 heavy (non-hydrogen) atoms. The lowest BCUT2D eigenvalue weighted by Crippen LogP contribution is -2.27. The maximum Gasteiger partial charge on any atom is 0.280 e. The number of benzene rings is 6. The number of halogens is 3. The molecule has 492 valence electrons. The van der Waals surface area contributed by atoms with Gasteiger partial charge in [-0.25, -0.2) is 15.0 Å². The van der Waals surface area contributed by atoms with Crippen molar-refractivity contribution in [3.8, 4) is 51.4 Å². The van der Waals surface area contributed by atoms with Crippen LogP contribution in [-0.4, -0.2) is 166 Å². The predicted molar refractivity (Wildman–Crippen MR) is 377 cm³/mol. The minimum atomic E-state index is -0.490. The number of nitrogens with one attached hydrogen (secondary N) is 4. The number of fused-ring (bicyclic) bond motifs is 3. The van der Waals surface area contributed by atoms with Gasteiger partial charge in [0.2, 0.25) is 0 Å². The molecule has 6 heterocycles. The quantitative estimate of drug-likeness (QED) is 0.0233. The van der Waals surface area contributed by atoms with Gasteiger partial charge in [0.1, 0.15) is 0 Å². The largest absolute Gasteiger partial charge is 0.494 e. The molecule has 0 radical (unpaired) electrons. The van der Waals surface area contributed by atoms with Gasteiger partial charge in [-0.15, -0.1) is 0 Å². The van der Waals surface area contributed by atoms with Gasteiger partial charge in [-0.2, -0.15) is 0 Å². The van der Waals surface area contributed by atoms with E-state index in [0.29, 0.717) is 141 Å². The maximum absolute atomic E-state index is 13.1. The zero-order valence-electron chi connectivity index (χ0n) is 53.7. The summed E-state index contributed by atoms with van der Waals surface area (Å²) in [6.07, 6.45) is 5.23. The number of aromatic amines is 3. The number of ketones is 2. The molecule has 9 aromatic rings. The van der Waals surface area contributed by atoms with Gasteiger partial charge in [0.05, 0.1) is 67.6 Å². The van der Waals surface area contributed by atoms with Crippen molar-refractivity contribution in [3.05, 3.63) is 227 Å². The van der Waals surface area contributed by atoms with Gasteiger partial charge < -0.3 is 50.3 Å². The molecule has 0 aliphatic carbocycles. The second kappa shape index (κ2) is 30.7. The van der Waals surface area contributed by atoms with E-state index in [1.54, 1.807) is 140 Å². The van der Waals surface area contributed by atoms with Crippen LogP contribution in [0.1, 0.15) is 140 Å². The topological polar surface area (TPSA) is 269 Å². The summed E-state index contributed by atoms with van der Waals surface area (Å²) in [4.78, 5) is 104. The zero-order valence-corrected chi connectivity index (χ0v) is 56.0. The van der Waals surface area contributed by atoms with Crippen molar-refractivity contribution in [3.63, 3.8) is 0 Å². The molecule has 3 aliphatic heterocycles. The third-order valence-electron chi connectivity index (χ3n) is 16.2. The summed E-state index contributed by atoms with van der Waals surface area (Å²) >= 11 is 17.8. The van der Waals surface area contributed by atoms with Crippen LogP contribution >= 0.6 is 34.8 Å². The SMILES string of the molecule is CN(C)CCCCC(=O)c1cccc(-c2[nH]c(O)c3c2C(=O)N=C3c2ccc(Cl)cc2)c1.CN(C)CCCCC(=O)c1cccc(C2=NC(=O)c3c(-c4cccc(C(=O)NCCCN(C)C)c4)[nH]c(O)c32)c1.O=C1N=C(c2ccc(Cl)cc2)c2c(O)[nH]c(-c3ccc(Cl)cc3)c21. The molecule has 3 aromatic heterocycles. The first-order valence-electron chi connectivity index (χ1n) is 31.2. The molecule has 3 aliphatic rings. The Hall–Kier alpha value is -9.86. The highest BCUT2D eigenvalue weighted by molar-refractivity contribution is 6.34. The van der Waals surface area contributed by atoms with E-state index in [-0.39, 0.29) is 40.7 Å². The first-order chi connectivity index (χ1) is 46.0. The number of carbonyl (C=O) groups is 6. The van der Waals surface area contributed by atoms with E-state index in [9.17, 15) is 44.1 Å². The molecule has 19 nitrogen and oxygen atoms in total. The van der Waals surface area contributed by atoms with E-state index < -0.39 is 17.7 Å². The number of unbranched alkanes of at least 4 members (excludes halogenated alkanes) is 2. The first-order valence-corrected chi connectivity index (χ1v) is 32.3. The molecule has 0 spiro atoms. The van der Waals surface area contributed by atoms with Crippen molar-refractivity contribution in [2.45, 2.75) is 44.9 Å². The van der Waals surface area contributed by atoms with Crippen LogP contribution in [0.5, 0.6) is 17.6 Å². The molecular weight excluding hydrogens is 1280 g/mol. The highest BCUT2D eigenvalue weighted by Crippen LogP contribution is 2.42. The predicted octanol–water partition coefficient (Wildman–Crippen LogP) is 13.6. The number of hydrogen-bond donors (Lipinski definition) is 7. The van der Waals surface area contributed by atoms with E-state index in [0.717, 1.165) is 57.3 Å². The van der Waals surface area contributed by atoms with Gasteiger partial charge >= 0.3 is 0 Å². The highest BCUT2D eigenvalue weighted by Gasteiger charge is 2.37. The minimum absolute atomic E-state index is 0.0292. The average Bonchev–Trinajstić information content (AvgIpc) is 1.61. The summed E-state index contributed by atoms with van der Waals surface area (Å²) in [6, 6.07) is 41.9. The number of aromatic nitrogens is 3. The Morgan fingerprint density at radius 2 is 0.719 bits per heavy atom. The lowest BCUT2D eigenvalue weighted by atomic mass is 9.97. The van der Waals surface area contributed by atoms with Gasteiger partial charge in [-0.05, 0) is 171 Å². The van der Waals surface area contributed by atoms with Crippen molar-refractivity contribution in [2.75, 3.05) is 68.5 Å². The Bertz CT molecular complexity index is 4540. The first kappa shape index (κ1) is 69.0. The molecule has 0 saturated heterocycles. The molecule has 12 rings (SSSR count). The molecule has 22 heteroatoms. The molecule has 6 aromatic carbocycles. The summed E-state index contributed by atoms with van der Waals surface area (Å²) in [5.41, 5.74) is 10.1. The Kier molecular flexibility index (Phi) is 22.1. The van der Waals surface area contributed by atoms with Crippen LogP contribution in [0.25, 0.3) is 33.8 Å². The molecule has 0 fully saturated rings. The monoisotopic (exact) mass is 1350 g/mol. The number of hydrogen-bond acceptors (Lipinski definition) is 12. The van der Waals surface area contributed by atoms with Crippen LogP contribution in [-0.2, 0) is 0 Å². The molecular formula is C74H71Cl3N10O9. The Morgan fingerprint density at radius 3 is 1.11 bits per heavy atom. The van der Waals surface area contributed by atoms with Crippen molar-refractivity contribution < 1.29 is 44.1 Å². The minimum Gasteiger partial charge on any atom is -0.494 e. The summed E-state index contributed by atoms with van der Waals surface area (Å²) in [5.74, 6) is -1.84. The van der Waals surface area contributed by atoms with Crippen LogP contribution in [0.15, 0.2) is 161 Å². The molecule has 0 bridgehead atoms. The lowest BCUT2D eigenvalue weighted by molar-refractivity contribution is 0.0948. The third-order valence-corrected chi connectivity index (χ3v) is 17.0. The number of carbonyl (C=O) groups excluding carboxylic acids is 6. The normalized spacial score (nSPS) is 12.8. The number of H-pyrrole nitrogens is 3. The number of aliphatic imine (C=N–C) groups is 3. The standard InChI is InChI=1S/C31H37N5O4.C25H24ClN3O3.C18H10Cl2N2O2/c1-35(2)16-6-5-14-24(37)20-10-7-11-21(18-20)27-25-26(31(40)33-27)28(34-30(25)39)22-12-8-13-23(19-22)29(38)32-15-9-17-36(3)4;1-29(2)13-4-3-8-19(30)16-6-5-7-17(14-16)23-21-20(24(31)28-23)22(27-25(21)32)15-9-11-18(26)12-10-15;19-11-5-1-9(2-6-11)15-13-14(18(24)21-15)16(22-17(13)23)10-3-7-12(20)8-4-10/h7-8,10-13,18-19,34,39H,5-6,9,14-17H2,1-4H3,(H,32,38);5-7,9-12,14,28,31H,3-4,8,13H2,1-2H3;1-8,21,24H. The number of Topliss-reactive ketones (excluding diaryl/α,β-unsaturated/α-hetero) is 2. The van der Waals surface area contributed by atoms with E-state index in [4.69, 9.17) is 34.8 Å². The fourth-order valence-electron chi connectivity index (χ4n) is 11.5. The van der Waals surface area contributed by atoms with E-state index in [1.807, 2.05) is 48.4 Å². The van der Waals surface area contributed by atoms with Crippen LogP contribution in [0, 0.1) is 0 Å². The average molecular weight is 1350 g/mol. The molecule has 0 unspecified atom stereocenters. The fraction of sp³-hybridized carbons (Fsp3) is 0.230. The fourth-order valence-corrected chi connectivity index (χ4v) is 11.8. The second-order valence-corrected chi connectivity index (χ2v) is 25.4. The van der Waals surface area contributed by atoms with Crippen LogP contribution in [0.4, 0.5) is 0 Å². The van der Waals surface area contributed by atoms with Crippen LogP contribution < -0.4 is 5.32 Å². The maximum atomic E-state index is 13.1. The van der Waals surface area contributed by atoms with E-state index in [2.05, 4.69) is 49.9 Å². The van der Waals surface area contributed by atoms with Gasteiger partial charge in [0, 0.05) is 67.8 Å². The van der Waals surface area contributed by atoms with Crippen molar-refractivity contribution in [2.24, 2.45) is 15.0 Å². The third kappa shape index (κ3) is 15.9. The van der Waals surface area contributed by atoms with Gasteiger partial charge in [0.15, 0.2) is 29.2 Å². The lowest BCUT2D eigenvalue weighted by Gasteiger charge is -2.10. The van der Waals surface area contributed by atoms with Gasteiger partial charge in [0.25, 0.3) is 23.6 Å². The Labute approximate surface area is 570 Å². The smallest absolute Gasteiger partial charge is 0.280 e. The number of nitrogens with zero attached hydrogens (tertiary/aromatic N) is 6. The highest BCUT2D eigenvalue weighted by atomic mass is 35.5. The van der Waals surface area contributed by atoms with Gasteiger partial charge in [-0.1, -0.05) is 120 Å². The van der Waals surface area contributed by atoms with E-state index >= 15 is 0 Å². The summed E-state index contributed by atoms with van der Waals surface area (Å²) in [6.45, 7) is 3.29. The molecule has 4 amide bonds. The van der Waals surface area contributed by atoms with Crippen LogP contribution in [0.3, 0.4) is 0 Å². The molecule has 7 N–H and O–H groups in total. The summed E-state index contributed by atoms with van der Waals surface area (Å²) in [5, 5.41) is 36.5. The Morgan fingerprint density at radius 1 is 0.396 bits per heavy atom. The Balaban J connectivity index is 0.000000161. The van der Waals surface area contributed by atoms with Crippen molar-refractivity contribution >= 4 is 87.1 Å². The van der Waals surface area contributed by atoms with E-state index in [1.165, 1.54) is 0 Å². The summed E-state index contributed by atoms with van der Waals surface area (Å²) < 4.78 is 0. The molecule has 0 atom stereocenters. The number of amides is 4. The zero-order chi connectivity index (χ0) is 68.5. The van der Waals surface area contributed by atoms with Crippen molar-refractivity contribution in [1.29, 1.82) is 0 Å². The second-order valence-electron chi connectivity index (χ2n) is 24.1. The van der Waals surface area contributed by atoms with Gasteiger partial charge in [-0.3, -0.25) is 28.8 Å². The molecule has 0 saturated carbocycles. The number of aromatic hydroxyl groups is 3. The summed E-state index contributed by atoms with van der Waals surface area (Å²) in [7, 11) is 12.0. The van der Waals surface area contributed by atoms with Crippen molar-refractivity contribution in [1.82, 2.24) is 35.0 Å².